The molecule has 0 amide bonds. The van der Waals surface area contributed by atoms with Gasteiger partial charge in [0.1, 0.15) is 0 Å². The number of fused-ring (bicyclic) bond motifs is 7. The molecule has 0 bridgehead atoms. The Hall–Kier alpha value is -4.13. The van der Waals surface area contributed by atoms with E-state index in [-0.39, 0.29) is 18.5 Å². The van der Waals surface area contributed by atoms with Crippen molar-refractivity contribution in [3.8, 4) is 0 Å². The molecule has 0 radical (unpaired) electrons. The van der Waals surface area contributed by atoms with Gasteiger partial charge in [-0.25, -0.2) is 9.97 Å². The van der Waals surface area contributed by atoms with E-state index in [0.29, 0.717) is 27.5 Å². The van der Waals surface area contributed by atoms with Crippen LogP contribution in [0.5, 0.6) is 0 Å². The van der Waals surface area contributed by atoms with Crippen LogP contribution in [0, 0.1) is 0 Å². The Labute approximate surface area is 169 Å². The molecule has 5 aromatic rings. The summed E-state index contributed by atoms with van der Waals surface area (Å²) in [7, 11) is 0. The Bertz CT molecular complexity index is 1510. The molecule has 0 saturated carbocycles. The summed E-state index contributed by atoms with van der Waals surface area (Å²) in [4.78, 5) is 36.7. The van der Waals surface area contributed by atoms with Crippen LogP contribution in [0.4, 0.5) is 0 Å². The zero-order valence-corrected chi connectivity index (χ0v) is 15.7. The summed E-state index contributed by atoms with van der Waals surface area (Å²) in [5.74, 6) is -2.12. The highest BCUT2D eigenvalue weighted by molar-refractivity contribution is 6.23. The van der Waals surface area contributed by atoms with Gasteiger partial charge >= 0.3 is 11.9 Å². The second kappa shape index (κ2) is 6.73. The Morgan fingerprint density at radius 3 is 2.33 bits per heavy atom. The molecule has 3 aromatic heterocycles. The SMILES string of the molecule is O=C(O)Cc1cc2c3ncccc3c3cc4ccccc4nc3c2nc1CC(=O)O. The van der Waals surface area contributed by atoms with Gasteiger partial charge in [-0.3, -0.25) is 14.6 Å². The summed E-state index contributed by atoms with van der Waals surface area (Å²) in [6.07, 6.45) is 0.987. The molecule has 0 saturated heterocycles. The lowest BCUT2D eigenvalue weighted by Gasteiger charge is -2.13. The minimum Gasteiger partial charge on any atom is -0.481 e. The van der Waals surface area contributed by atoms with Crippen LogP contribution >= 0.6 is 0 Å². The highest BCUT2D eigenvalue weighted by Crippen LogP contribution is 2.34. The van der Waals surface area contributed by atoms with E-state index in [2.05, 4.69) is 9.97 Å². The van der Waals surface area contributed by atoms with Crippen molar-refractivity contribution < 1.29 is 19.8 Å². The van der Waals surface area contributed by atoms with Crippen LogP contribution in [0.25, 0.3) is 43.6 Å². The summed E-state index contributed by atoms with van der Waals surface area (Å²) < 4.78 is 0. The molecule has 30 heavy (non-hydrogen) atoms. The van der Waals surface area contributed by atoms with Gasteiger partial charge in [0.15, 0.2) is 0 Å². The Kier molecular flexibility index (Phi) is 4.03. The number of carboxylic acids is 2. The first kappa shape index (κ1) is 17.9. The van der Waals surface area contributed by atoms with E-state index < -0.39 is 11.9 Å². The second-order valence-electron chi connectivity index (χ2n) is 7.11. The van der Waals surface area contributed by atoms with Gasteiger partial charge < -0.3 is 10.2 Å². The minimum absolute atomic E-state index is 0.226. The summed E-state index contributed by atoms with van der Waals surface area (Å²) >= 11 is 0. The molecule has 146 valence electrons. The van der Waals surface area contributed by atoms with Crippen molar-refractivity contribution in [2.75, 3.05) is 0 Å². The number of aromatic nitrogens is 3. The highest BCUT2D eigenvalue weighted by Gasteiger charge is 2.18. The first-order valence-corrected chi connectivity index (χ1v) is 9.33. The van der Waals surface area contributed by atoms with Crippen LogP contribution in [-0.4, -0.2) is 37.1 Å². The molecule has 0 aliphatic carbocycles. The number of nitrogens with zero attached hydrogens (tertiary/aromatic N) is 3. The second-order valence-corrected chi connectivity index (χ2v) is 7.11. The van der Waals surface area contributed by atoms with E-state index in [9.17, 15) is 19.8 Å². The lowest BCUT2D eigenvalue weighted by atomic mass is 9.98. The number of aliphatic carboxylic acids is 2. The molecule has 0 unspecified atom stereocenters. The zero-order chi connectivity index (χ0) is 20.8. The number of carboxylic acid groups (broad SMARTS) is 2. The van der Waals surface area contributed by atoms with Crippen LogP contribution < -0.4 is 0 Å². The van der Waals surface area contributed by atoms with Gasteiger partial charge in [-0.15, -0.1) is 0 Å². The van der Waals surface area contributed by atoms with Gasteiger partial charge in [0.25, 0.3) is 0 Å². The maximum atomic E-state index is 11.4. The van der Waals surface area contributed by atoms with Crippen LogP contribution in [0.3, 0.4) is 0 Å². The van der Waals surface area contributed by atoms with Crippen LogP contribution in [0.2, 0.25) is 0 Å². The summed E-state index contributed by atoms with van der Waals surface area (Å²) in [6.45, 7) is 0. The number of hydrogen-bond acceptors (Lipinski definition) is 5. The fourth-order valence-electron chi connectivity index (χ4n) is 3.91. The van der Waals surface area contributed by atoms with E-state index in [1.165, 1.54) is 0 Å². The number of rotatable bonds is 4. The van der Waals surface area contributed by atoms with Crippen molar-refractivity contribution in [1.82, 2.24) is 15.0 Å². The largest absolute Gasteiger partial charge is 0.481 e. The van der Waals surface area contributed by atoms with Gasteiger partial charge in [-0.1, -0.05) is 24.3 Å². The maximum Gasteiger partial charge on any atom is 0.309 e. The molecule has 7 nitrogen and oxygen atoms in total. The first-order valence-electron chi connectivity index (χ1n) is 9.33. The number of pyridine rings is 3. The van der Waals surface area contributed by atoms with Gasteiger partial charge in [0, 0.05) is 27.7 Å². The number of carbonyl (C=O) groups is 2. The lowest BCUT2D eigenvalue weighted by molar-refractivity contribution is -0.137. The Balaban J connectivity index is 1.98. The first-order chi connectivity index (χ1) is 14.5. The van der Waals surface area contributed by atoms with Crippen molar-refractivity contribution in [3.05, 3.63) is 66.0 Å². The molecule has 0 fully saturated rings. The molecule has 0 aliphatic heterocycles. The maximum absolute atomic E-state index is 11.4. The Morgan fingerprint density at radius 1 is 0.767 bits per heavy atom. The third kappa shape index (κ3) is 2.88. The van der Waals surface area contributed by atoms with Crippen LogP contribution in [0.1, 0.15) is 11.3 Å². The number of hydrogen-bond donors (Lipinski definition) is 2. The summed E-state index contributed by atoms with van der Waals surface area (Å²) in [5.41, 5.74) is 3.22. The van der Waals surface area contributed by atoms with Gasteiger partial charge in [0.2, 0.25) is 0 Å². The molecule has 3 heterocycles. The smallest absolute Gasteiger partial charge is 0.309 e. The molecule has 0 spiro atoms. The van der Waals surface area contributed by atoms with Crippen LogP contribution in [0.15, 0.2) is 54.7 Å². The number of benzene rings is 2. The minimum atomic E-state index is -1.07. The quantitative estimate of drug-likeness (QED) is 0.351. The highest BCUT2D eigenvalue weighted by atomic mass is 16.4. The van der Waals surface area contributed by atoms with E-state index >= 15 is 0 Å². The summed E-state index contributed by atoms with van der Waals surface area (Å²) in [5, 5.41) is 22.0. The molecule has 2 N–H and O–H groups in total. The third-order valence-electron chi connectivity index (χ3n) is 5.15. The average molecular weight is 397 g/mol. The van der Waals surface area contributed by atoms with Gasteiger partial charge in [-0.05, 0) is 29.8 Å². The van der Waals surface area contributed by atoms with Crippen molar-refractivity contribution in [2.45, 2.75) is 12.8 Å². The van der Waals surface area contributed by atoms with Crippen molar-refractivity contribution in [1.29, 1.82) is 0 Å². The van der Waals surface area contributed by atoms with E-state index in [4.69, 9.17) is 4.98 Å². The predicted molar refractivity (Wildman–Crippen MR) is 113 cm³/mol. The fourth-order valence-corrected chi connectivity index (χ4v) is 3.91. The zero-order valence-electron chi connectivity index (χ0n) is 15.7. The molecule has 7 heteroatoms. The molecule has 2 aromatic carbocycles. The third-order valence-corrected chi connectivity index (χ3v) is 5.15. The average Bonchev–Trinajstić information content (AvgIpc) is 2.73. The standard InChI is InChI=1S/C23H15N3O4/c27-19(28)10-13-9-16-21-14(5-3-7-24-21)15-8-12-4-1-2-6-17(12)25-22(15)23(16)26-18(13)11-20(29)30/h1-9H,10-11H2,(H,27,28)(H,29,30). The topological polar surface area (TPSA) is 113 Å². The molecule has 0 atom stereocenters. The van der Waals surface area contributed by atoms with E-state index in [1.54, 1.807) is 12.3 Å². The predicted octanol–water partition coefficient (Wildman–Crippen LogP) is 3.74. The van der Waals surface area contributed by atoms with Gasteiger partial charge in [-0.2, -0.15) is 0 Å². The van der Waals surface area contributed by atoms with E-state index in [0.717, 1.165) is 21.7 Å². The van der Waals surface area contributed by atoms with Crippen molar-refractivity contribution >= 4 is 55.6 Å². The lowest BCUT2D eigenvalue weighted by Crippen LogP contribution is -2.10. The molecule has 0 aliphatic rings. The fraction of sp³-hybridized carbons (Fsp3) is 0.0870. The van der Waals surface area contributed by atoms with Gasteiger partial charge in [0.05, 0.1) is 40.6 Å². The van der Waals surface area contributed by atoms with Crippen molar-refractivity contribution in [3.63, 3.8) is 0 Å². The number of para-hydroxylation sites is 1. The molecule has 5 rings (SSSR count). The normalized spacial score (nSPS) is 11.5. The summed E-state index contributed by atoms with van der Waals surface area (Å²) in [6, 6.07) is 15.2. The van der Waals surface area contributed by atoms with Crippen molar-refractivity contribution in [2.24, 2.45) is 0 Å². The molecular weight excluding hydrogens is 382 g/mol. The van der Waals surface area contributed by atoms with E-state index in [1.807, 2.05) is 42.5 Å². The molecular formula is C23H15N3O4. The Morgan fingerprint density at radius 2 is 1.53 bits per heavy atom. The monoisotopic (exact) mass is 397 g/mol. The van der Waals surface area contributed by atoms with Crippen LogP contribution in [-0.2, 0) is 22.4 Å².